The quantitative estimate of drug-likeness (QED) is 0.785. The summed E-state index contributed by atoms with van der Waals surface area (Å²) in [6, 6.07) is 5.36. The van der Waals surface area contributed by atoms with E-state index in [1.165, 1.54) is 24.3 Å². The monoisotopic (exact) mass is 267 g/mol. The van der Waals surface area contributed by atoms with Crippen LogP contribution in [0.2, 0.25) is 0 Å². The first-order valence-electron chi connectivity index (χ1n) is 5.53. The minimum absolute atomic E-state index is 0.132. The Bertz CT molecular complexity index is 635. The van der Waals surface area contributed by atoms with Crippen molar-refractivity contribution >= 4 is 20.6 Å². The van der Waals surface area contributed by atoms with Crippen LogP contribution in [0.1, 0.15) is 26.3 Å². The lowest BCUT2D eigenvalue weighted by atomic mass is 9.89. The van der Waals surface area contributed by atoms with Gasteiger partial charge in [0.15, 0.2) is 0 Å². The molecule has 1 aromatic rings. The molecular weight excluding hydrogens is 253 g/mol. The molecule has 0 amide bonds. The van der Waals surface area contributed by atoms with E-state index in [0.29, 0.717) is 11.3 Å². The number of rotatable bonds is 1. The number of sulfonamides is 1. The third kappa shape index (κ3) is 2.36. The van der Waals surface area contributed by atoms with Crippen LogP contribution >= 0.6 is 0 Å². The number of halogens is 1. The van der Waals surface area contributed by atoms with E-state index in [9.17, 15) is 12.8 Å². The Kier molecular flexibility index (Phi) is 2.89. The van der Waals surface area contributed by atoms with Gasteiger partial charge in [0.2, 0.25) is 0 Å². The zero-order valence-corrected chi connectivity index (χ0v) is 11.3. The van der Waals surface area contributed by atoms with Crippen LogP contribution in [0.5, 0.6) is 0 Å². The molecule has 0 bridgehead atoms. The smallest absolute Gasteiger partial charge is 0.207 e. The third-order valence-electron chi connectivity index (χ3n) is 2.66. The van der Waals surface area contributed by atoms with Gasteiger partial charge in [-0.1, -0.05) is 32.9 Å². The van der Waals surface area contributed by atoms with Gasteiger partial charge in [-0.3, -0.25) is 0 Å². The normalized spacial score (nSPS) is 18.4. The van der Waals surface area contributed by atoms with Gasteiger partial charge in [-0.25, -0.2) is 4.39 Å². The summed E-state index contributed by atoms with van der Waals surface area (Å²) in [5.41, 5.74) is 0.635. The van der Waals surface area contributed by atoms with E-state index in [-0.39, 0.29) is 10.3 Å². The summed E-state index contributed by atoms with van der Waals surface area (Å²) in [6.07, 6.45) is 1.56. The first-order valence-corrected chi connectivity index (χ1v) is 6.97. The fraction of sp³-hybridized carbons (Fsp3) is 0.308. The summed E-state index contributed by atoms with van der Waals surface area (Å²) < 4.78 is 40.5. The first kappa shape index (κ1) is 13.0. The molecule has 1 heterocycles. The summed E-state index contributed by atoms with van der Waals surface area (Å²) in [5.74, 6) is -0.397. The predicted octanol–water partition coefficient (Wildman–Crippen LogP) is 3.00. The second-order valence-electron chi connectivity index (χ2n) is 5.22. The van der Waals surface area contributed by atoms with Gasteiger partial charge >= 0.3 is 0 Å². The Morgan fingerprint density at radius 3 is 2.11 bits per heavy atom. The van der Waals surface area contributed by atoms with E-state index < -0.39 is 15.8 Å². The molecule has 18 heavy (non-hydrogen) atoms. The summed E-state index contributed by atoms with van der Waals surface area (Å²) in [5, 5.41) is 0. The van der Waals surface area contributed by atoms with Crippen molar-refractivity contribution < 1.29 is 12.8 Å². The zero-order chi connectivity index (χ0) is 13.6. The topological polar surface area (TPSA) is 46.5 Å². The highest BCUT2D eigenvalue weighted by Gasteiger charge is 2.31. The summed E-state index contributed by atoms with van der Waals surface area (Å²) in [7, 11) is -3.66. The van der Waals surface area contributed by atoms with Gasteiger partial charge in [-0.2, -0.15) is 12.8 Å². The van der Waals surface area contributed by atoms with Crippen LogP contribution in [-0.2, 0) is 10.0 Å². The SMILES string of the molecule is CC(C)(C)C1=NS(=O)(=O)C(c2ccc(F)cc2)=C1. The van der Waals surface area contributed by atoms with Gasteiger partial charge < -0.3 is 0 Å². The van der Waals surface area contributed by atoms with Crippen molar-refractivity contribution in [3.63, 3.8) is 0 Å². The van der Waals surface area contributed by atoms with Crippen molar-refractivity contribution in [2.24, 2.45) is 9.81 Å². The van der Waals surface area contributed by atoms with Crippen molar-refractivity contribution in [3.05, 3.63) is 41.7 Å². The van der Waals surface area contributed by atoms with E-state index in [0.717, 1.165) is 0 Å². The van der Waals surface area contributed by atoms with E-state index >= 15 is 0 Å². The van der Waals surface area contributed by atoms with Gasteiger partial charge in [0, 0.05) is 5.41 Å². The molecule has 0 atom stereocenters. The van der Waals surface area contributed by atoms with Gasteiger partial charge in [-0.15, -0.1) is 0 Å². The maximum atomic E-state index is 12.8. The number of allylic oxidation sites excluding steroid dienone is 1. The van der Waals surface area contributed by atoms with Crippen LogP contribution in [0.3, 0.4) is 0 Å². The molecule has 1 aromatic carbocycles. The van der Waals surface area contributed by atoms with Crippen LogP contribution in [0, 0.1) is 11.2 Å². The third-order valence-corrected chi connectivity index (χ3v) is 4.01. The van der Waals surface area contributed by atoms with Crippen LogP contribution in [0.4, 0.5) is 4.39 Å². The summed E-state index contributed by atoms with van der Waals surface area (Å²) in [6.45, 7) is 5.68. The Labute approximate surface area is 106 Å². The second-order valence-corrected chi connectivity index (χ2v) is 6.79. The molecule has 0 saturated carbocycles. The lowest BCUT2D eigenvalue weighted by Gasteiger charge is -2.15. The predicted molar refractivity (Wildman–Crippen MR) is 70.2 cm³/mol. The number of hydrogen-bond acceptors (Lipinski definition) is 2. The first-order chi connectivity index (χ1) is 8.20. The van der Waals surface area contributed by atoms with Crippen LogP contribution in [-0.4, -0.2) is 14.1 Å². The van der Waals surface area contributed by atoms with Gasteiger partial charge in [0.05, 0.1) is 10.6 Å². The van der Waals surface area contributed by atoms with Crippen molar-refractivity contribution in [2.45, 2.75) is 20.8 Å². The standard InChI is InChI=1S/C13H14FNO2S/c1-13(2,3)12-8-11(18(16,17)15-12)9-4-6-10(14)7-5-9/h4-8H,1-3H3. The molecule has 5 heteroatoms. The van der Waals surface area contributed by atoms with Gasteiger partial charge in [0.1, 0.15) is 5.82 Å². The van der Waals surface area contributed by atoms with Crippen molar-refractivity contribution in [3.8, 4) is 0 Å². The van der Waals surface area contributed by atoms with E-state index in [1.54, 1.807) is 6.08 Å². The average Bonchev–Trinajstić information content (AvgIpc) is 2.55. The summed E-state index contributed by atoms with van der Waals surface area (Å²) >= 11 is 0. The highest BCUT2D eigenvalue weighted by atomic mass is 32.2. The highest BCUT2D eigenvalue weighted by Crippen LogP contribution is 2.32. The fourth-order valence-electron chi connectivity index (χ4n) is 1.60. The molecule has 0 unspecified atom stereocenters. The molecule has 0 aromatic heterocycles. The average molecular weight is 267 g/mol. The van der Waals surface area contributed by atoms with E-state index in [4.69, 9.17) is 0 Å². The van der Waals surface area contributed by atoms with Crippen LogP contribution in [0.15, 0.2) is 34.7 Å². The maximum absolute atomic E-state index is 12.8. The van der Waals surface area contributed by atoms with Crippen molar-refractivity contribution in [1.82, 2.24) is 0 Å². The molecule has 96 valence electrons. The molecule has 0 fully saturated rings. The molecule has 3 nitrogen and oxygen atoms in total. The summed E-state index contributed by atoms with van der Waals surface area (Å²) in [4.78, 5) is 0.132. The molecular formula is C13H14FNO2S. The Hall–Kier alpha value is -1.49. The number of benzene rings is 1. The molecule has 1 aliphatic rings. The Morgan fingerprint density at radius 1 is 1.11 bits per heavy atom. The lowest BCUT2D eigenvalue weighted by Crippen LogP contribution is -2.16. The highest BCUT2D eigenvalue weighted by molar-refractivity contribution is 8.00. The minimum Gasteiger partial charge on any atom is -0.207 e. The Morgan fingerprint density at radius 2 is 1.67 bits per heavy atom. The Balaban J connectivity index is 2.51. The second kappa shape index (κ2) is 4.02. The number of nitrogens with zero attached hydrogens (tertiary/aromatic N) is 1. The molecule has 0 aliphatic carbocycles. The molecule has 0 N–H and O–H groups in total. The molecule has 0 spiro atoms. The van der Waals surface area contributed by atoms with Gasteiger partial charge in [-0.05, 0) is 23.8 Å². The van der Waals surface area contributed by atoms with Crippen LogP contribution < -0.4 is 0 Å². The molecule has 0 saturated heterocycles. The van der Waals surface area contributed by atoms with E-state index in [1.807, 2.05) is 20.8 Å². The van der Waals surface area contributed by atoms with E-state index in [2.05, 4.69) is 4.40 Å². The van der Waals surface area contributed by atoms with Crippen LogP contribution in [0.25, 0.3) is 4.91 Å². The number of hydrogen-bond donors (Lipinski definition) is 0. The van der Waals surface area contributed by atoms with Crippen molar-refractivity contribution in [1.29, 1.82) is 0 Å². The molecule has 2 rings (SSSR count). The lowest BCUT2D eigenvalue weighted by molar-refractivity contribution is 0.590. The minimum atomic E-state index is -3.66. The largest absolute Gasteiger partial charge is 0.283 e. The molecule has 1 aliphatic heterocycles. The van der Waals surface area contributed by atoms with Gasteiger partial charge in [0.25, 0.3) is 10.0 Å². The molecule has 0 radical (unpaired) electrons. The maximum Gasteiger partial charge on any atom is 0.283 e. The fourth-order valence-corrected chi connectivity index (χ4v) is 2.98. The van der Waals surface area contributed by atoms with Crippen molar-refractivity contribution in [2.75, 3.05) is 0 Å². The zero-order valence-electron chi connectivity index (χ0n) is 10.4.